The normalized spacial score (nSPS) is 21.2. The lowest BCUT2D eigenvalue weighted by Crippen LogP contribution is -2.39. The minimum atomic E-state index is -0.943. The monoisotopic (exact) mass is 283 g/mol. The van der Waals surface area contributed by atoms with Gasteiger partial charge in [-0.15, -0.1) is 0 Å². The first-order valence-electron chi connectivity index (χ1n) is 6.87. The number of hydrogen-bond donors (Lipinski definition) is 2. The molecular weight excluding hydrogens is 262 g/mol. The van der Waals surface area contributed by atoms with E-state index < -0.39 is 17.8 Å². The Hall–Kier alpha value is -1.85. The Labute approximate surface area is 118 Å². The molecule has 2 atom stereocenters. The predicted octanol–water partition coefficient (Wildman–Crippen LogP) is 1.11. The second-order valence-electron chi connectivity index (χ2n) is 4.69. The lowest BCUT2D eigenvalue weighted by Gasteiger charge is -2.24. The predicted molar refractivity (Wildman–Crippen MR) is 71.9 cm³/mol. The summed E-state index contributed by atoms with van der Waals surface area (Å²) in [6.07, 6.45) is 5.20. The Bertz CT molecular complexity index is 391. The largest absolute Gasteiger partial charge is 0.481 e. The van der Waals surface area contributed by atoms with E-state index >= 15 is 0 Å². The van der Waals surface area contributed by atoms with Crippen LogP contribution in [0, 0.1) is 11.8 Å². The zero-order chi connectivity index (χ0) is 15.0. The van der Waals surface area contributed by atoms with Crippen molar-refractivity contribution in [3.8, 4) is 0 Å². The van der Waals surface area contributed by atoms with E-state index in [0.29, 0.717) is 32.4 Å². The zero-order valence-electron chi connectivity index (χ0n) is 11.6. The number of carboxylic acids is 1. The van der Waals surface area contributed by atoms with Gasteiger partial charge in [0.15, 0.2) is 0 Å². The van der Waals surface area contributed by atoms with Crippen LogP contribution in [0.4, 0.5) is 0 Å². The van der Waals surface area contributed by atoms with Crippen molar-refractivity contribution in [1.82, 2.24) is 5.32 Å². The summed E-state index contributed by atoms with van der Waals surface area (Å²) < 4.78 is 4.78. The molecule has 6 nitrogen and oxygen atoms in total. The van der Waals surface area contributed by atoms with Crippen LogP contribution in [0.1, 0.15) is 32.6 Å². The van der Waals surface area contributed by atoms with E-state index in [1.807, 2.05) is 6.08 Å². The highest BCUT2D eigenvalue weighted by Crippen LogP contribution is 2.25. The van der Waals surface area contributed by atoms with Gasteiger partial charge in [0.1, 0.15) is 0 Å². The minimum Gasteiger partial charge on any atom is -0.481 e. The summed E-state index contributed by atoms with van der Waals surface area (Å²) in [7, 11) is 0. The van der Waals surface area contributed by atoms with Crippen LogP contribution in [0.25, 0.3) is 0 Å². The molecule has 0 radical (unpaired) electrons. The summed E-state index contributed by atoms with van der Waals surface area (Å²) in [4.78, 5) is 34.2. The lowest BCUT2D eigenvalue weighted by molar-refractivity contribution is -0.147. The molecule has 0 saturated carbocycles. The molecule has 0 saturated heterocycles. The number of carbonyl (C=O) groups excluding carboxylic acids is 2. The van der Waals surface area contributed by atoms with E-state index in [0.717, 1.165) is 0 Å². The second kappa shape index (κ2) is 8.35. The first-order valence-corrected chi connectivity index (χ1v) is 6.87. The SMILES string of the molecule is CCOC(=O)CCCNC(=O)[C@@H]1CC=CC[C@@H]1C(=O)O. The van der Waals surface area contributed by atoms with Crippen LogP contribution in [-0.2, 0) is 19.1 Å². The number of amides is 1. The third-order valence-electron chi connectivity index (χ3n) is 3.25. The standard InChI is InChI=1S/C14H21NO5/c1-2-20-12(16)8-5-9-15-13(17)10-6-3-4-7-11(10)14(18)19/h3-4,10-11H,2,5-9H2,1H3,(H,15,17)(H,18,19)/t10-,11+/m1/s1. The maximum absolute atomic E-state index is 12.0. The van der Waals surface area contributed by atoms with Gasteiger partial charge in [-0.25, -0.2) is 0 Å². The van der Waals surface area contributed by atoms with Crippen molar-refractivity contribution in [3.05, 3.63) is 12.2 Å². The Morgan fingerprint density at radius 1 is 1.25 bits per heavy atom. The number of carboxylic acid groups (broad SMARTS) is 1. The van der Waals surface area contributed by atoms with Gasteiger partial charge in [0.2, 0.25) is 5.91 Å². The maximum Gasteiger partial charge on any atom is 0.307 e. The van der Waals surface area contributed by atoms with Crippen molar-refractivity contribution in [3.63, 3.8) is 0 Å². The summed E-state index contributed by atoms with van der Waals surface area (Å²) in [5.74, 6) is -2.68. The highest BCUT2D eigenvalue weighted by molar-refractivity contribution is 5.85. The first kappa shape index (κ1) is 16.2. The quantitative estimate of drug-likeness (QED) is 0.415. The number of nitrogens with one attached hydrogen (secondary N) is 1. The van der Waals surface area contributed by atoms with Gasteiger partial charge in [-0.1, -0.05) is 12.2 Å². The first-order chi connectivity index (χ1) is 9.56. The van der Waals surface area contributed by atoms with Gasteiger partial charge >= 0.3 is 11.9 Å². The third-order valence-corrected chi connectivity index (χ3v) is 3.25. The number of esters is 1. The summed E-state index contributed by atoms with van der Waals surface area (Å²) in [5, 5.41) is 11.8. The van der Waals surface area contributed by atoms with Crippen LogP contribution < -0.4 is 5.32 Å². The number of allylic oxidation sites excluding steroid dienone is 2. The zero-order valence-corrected chi connectivity index (χ0v) is 11.6. The molecule has 2 N–H and O–H groups in total. The van der Waals surface area contributed by atoms with E-state index in [2.05, 4.69) is 5.32 Å². The number of carbonyl (C=O) groups is 3. The summed E-state index contributed by atoms with van der Waals surface area (Å²) in [6, 6.07) is 0. The van der Waals surface area contributed by atoms with Crippen molar-refractivity contribution in [1.29, 1.82) is 0 Å². The smallest absolute Gasteiger partial charge is 0.307 e. The second-order valence-corrected chi connectivity index (χ2v) is 4.69. The number of rotatable bonds is 7. The van der Waals surface area contributed by atoms with Crippen LogP contribution in [0.2, 0.25) is 0 Å². The molecule has 6 heteroatoms. The van der Waals surface area contributed by atoms with Crippen molar-refractivity contribution >= 4 is 17.8 Å². The van der Waals surface area contributed by atoms with E-state index in [1.165, 1.54) is 0 Å². The van der Waals surface area contributed by atoms with Gasteiger partial charge in [0.05, 0.1) is 18.4 Å². The van der Waals surface area contributed by atoms with Crippen LogP contribution in [0.3, 0.4) is 0 Å². The molecule has 0 fully saturated rings. The Kier molecular flexibility index (Phi) is 6.76. The molecule has 0 heterocycles. The highest BCUT2D eigenvalue weighted by Gasteiger charge is 2.33. The molecule has 1 amide bonds. The summed E-state index contributed by atoms with van der Waals surface area (Å²) in [5.41, 5.74) is 0. The molecule has 112 valence electrons. The van der Waals surface area contributed by atoms with Gasteiger partial charge in [0.25, 0.3) is 0 Å². The van der Waals surface area contributed by atoms with E-state index in [1.54, 1.807) is 13.0 Å². The molecule has 0 spiro atoms. The third kappa shape index (κ3) is 5.03. The van der Waals surface area contributed by atoms with Crippen molar-refractivity contribution in [2.75, 3.05) is 13.2 Å². The van der Waals surface area contributed by atoms with E-state index in [4.69, 9.17) is 9.84 Å². The van der Waals surface area contributed by atoms with Gasteiger partial charge in [0, 0.05) is 13.0 Å². The minimum absolute atomic E-state index is 0.251. The Morgan fingerprint density at radius 3 is 2.50 bits per heavy atom. The van der Waals surface area contributed by atoms with E-state index in [-0.39, 0.29) is 18.3 Å². The highest BCUT2D eigenvalue weighted by atomic mass is 16.5. The molecule has 0 bridgehead atoms. The Morgan fingerprint density at radius 2 is 1.90 bits per heavy atom. The fourth-order valence-electron chi connectivity index (χ4n) is 2.19. The molecule has 0 aliphatic heterocycles. The van der Waals surface area contributed by atoms with Crippen molar-refractivity contribution in [2.24, 2.45) is 11.8 Å². The fourth-order valence-corrected chi connectivity index (χ4v) is 2.19. The molecule has 0 aromatic rings. The molecule has 1 aliphatic carbocycles. The van der Waals surface area contributed by atoms with Crippen LogP contribution >= 0.6 is 0 Å². The van der Waals surface area contributed by atoms with Gasteiger partial charge in [-0.3, -0.25) is 14.4 Å². The fraction of sp³-hybridized carbons (Fsp3) is 0.643. The van der Waals surface area contributed by atoms with Crippen LogP contribution in [0.15, 0.2) is 12.2 Å². The van der Waals surface area contributed by atoms with Crippen molar-refractivity contribution < 1.29 is 24.2 Å². The van der Waals surface area contributed by atoms with E-state index in [9.17, 15) is 14.4 Å². The molecule has 1 aliphatic rings. The maximum atomic E-state index is 12.0. The van der Waals surface area contributed by atoms with Gasteiger partial charge in [-0.2, -0.15) is 0 Å². The summed E-state index contributed by atoms with van der Waals surface area (Å²) >= 11 is 0. The average Bonchev–Trinajstić information content (AvgIpc) is 2.43. The number of hydrogen-bond acceptors (Lipinski definition) is 4. The molecule has 0 aromatic carbocycles. The molecular formula is C14H21NO5. The van der Waals surface area contributed by atoms with Crippen LogP contribution in [-0.4, -0.2) is 36.1 Å². The lowest BCUT2D eigenvalue weighted by atomic mass is 9.82. The number of ether oxygens (including phenoxy) is 1. The molecule has 0 unspecified atom stereocenters. The van der Waals surface area contributed by atoms with Gasteiger partial charge < -0.3 is 15.2 Å². The average molecular weight is 283 g/mol. The molecule has 0 aromatic heterocycles. The Balaban J connectivity index is 2.33. The van der Waals surface area contributed by atoms with Crippen LogP contribution in [0.5, 0.6) is 0 Å². The molecule has 1 rings (SSSR count). The van der Waals surface area contributed by atoms with Crippen molar-refractivity contribution in [2.45, 2.75) is 32.6 Å². The van der Waals surface area contributed by atoms with Gasteiger partial charge in [-0.05, 0) is 26.2 Å². The molecule has 20 heavy (non-hydrogen) atoms. The summed E-state index contributed by atoms with van der Waals surface area (Å²) in [6.45, 7) is 2.44. The number of aliphatic carboxylic acids is 1. The topological polar surface area (TPSA) is 92.7 Å².